The van der Waals surface area contributed by atoms with E-state index in [1.54, 1.807) is 0 Å². The molecular formula is C18H21BrN2O. The molecule has 0 unspecified atom stereocenters. The van der Waals surface area contributed by atoms with Gasteiger partial charge in [0.2, 0.25) is 5.91 Å². The monoisotopic (exact) mass is 360 g/mol. The van der Waals surface area contributed by atoms with Gasteiger partial charge in [-0.25, -0.2) is 0 Å². The highest BCUT2D eigenvalue weighted by Crippen LogP contribution is 2.23. The molecule has 2 aromatic carbocycles. The van der Waals surface area contributed by atoms with Crippen LogP contribution < -0.4 is 10.6 Å². The Morgan fingerprint density at radius 3 is 2.50 bits per heavy atom. The zero-order valence-corrected chi connectivity index (χ0v) is 14.6. The zero-order chi connectivity index (χ0) is 16.1. The maximum Gasteiger partial charge on any atom is 0.241 e. The maximum absolute atomic E-state index is 12.3. The summed E-state index contributed by atoms with van der Waals surface area (Å²) in [5.74, 6) is -0.0375. The van der Waals surface area contributed by atoms with Crippen molar-refractivity contribution in [2.45, 2.75) is 32.9 Å². The van der Waals surface area contributed by atoms with Gasteiger partial charge >= 0.3 is 0 Å². The zero-order valence-electron chi connectivity index (χ0n) is 13.1. The number of benzene rings is 2. The topological polar surface area (TPSA) is 41.1 Å². The highest BCUT2D eigenvalue weighted by molar-refractivity contribution is 9.10. The summed E-state index contributed by atoms with van der Waals surface area (Å²) < 4.78 is 1.04. The molecule has 2 atom stereocenters. The van der Waals surface area contributed by atoms with Gasteiger partial charge in [0.15, 0.2) is 0 Å². The van der Waals surface area contributed by atoms with E-state index < -0.39 is 0 Å². The van der Waals surface area contributed by atoms with Crippen LogP contribution in [0.5, 0.6) is 0 Å². The minimum Gasteiger partial charge on any atom is -0.325 e. The number of rotatable bonds is 5. The molecule has 2 aromatic rings. The fourth-order valence-corrected chi connectivity index (χ4v) is 2.97. The second-order valence-corrected chi connectivity index (χ2v) is 6.34. The summed E-state index contributed by atoms with van der Waals surface area (Å²) in [6.07, 6.45) is 0. The van der Waals surface area contributed by atoms with Gasteiger partial charge in [-0.05, 0) is 50.1 Å². The molecule has 1 amide bonds. The number of hydrogen-bond donors (Lipinski definition) is 2. The first kappa shape index (κ1) is 16.7. The van der Waals surface area contributed by atoms with Crippen molar-refractivity contribution in [3.8, 4) is 0 Å². The van der Waals surface area contributed by atoms with Crippen LogP contribution in [0.2, 0.25) is 0 Å². The lowest BCUT2D eigenvalue weighted by molar-refractivity contribution is -0.117. The molecule has 0 saturated heterocycles. The van der Waals surface area contributed by atoms with E-state index in [1.165, 1.54) is 0 Å². The van der Waals surface area contributed by atoms with Crippen LogP contribution in [0.15, 0.2) is 53.0 Å². The molecule has 0 bridgehead atoms. The van der Waals surface area contributed by atoms with Crippen molar-refractivity contribution in [1.29, 1.82) is 0 Å². The van der Waals surface area contributed by atoms with Crippen LogP contribution >= 0.6 is 15.9 Å². The third-order valence-electron chi connectivity index (χ3n) is 3.55. The van der Waals surface area contributed by atoms with Crippen LogP contribution in [-0.2, 0) is 4.79 Å². The highest BCUT2D eigenvalue weighted by atomic mass is 79.9. The quantitative estimate of drug-likeness (QED) is 0.827. The molecule has 116 valence electrons. The minimum atomic E-state index is -0.289. The van der Waals surface area contributed by atoms with Crippen LogP contribution in [-0.4, -0.2) is 11.9 Å². The summed E-state index contributed by atoms with van der Waals surface area (Å²) in [6.45, 7) is 5.93. The van der Waals surface area contributed by atoms with Crippen molar-refractivity contribution in [3.05, 3.63) is 64.1 Å². The Hall–Kier alpha value is -1.65. The summed E-state index contributed by atoms with van der Waals surface area (Å²) in [4.78, 5) is 12.3. The molecule has 4 heteroatoms. The van der Waals surface area contributed by atoms with Crippen LogP contribution in [0, 0.1) is 6.92 Å². The van der Waals surface area contributed by atoms with Gasteiger partial charge in [-0.3, -0.25) is 10.1 Å². The molecule has 2 rings (SSSR count). The smallest absolute Gasteiger partial charge is 0.241 e. The number of carbonyl (C=O) groups excluding carboxylic acids is 1. The van der Waals surface area contributed by atoms with Gasteiger partial charge in [0, 0.05) is 16.2 Å². The summed E-state index contributed by atoms with van der Waals surface area (Å²) in [6, 6.07) is 15.6. The normalized spacial score (nSPS) is 13.5. The minimum absolute atomic E-state index is 0.0375. The van der Waals surface area contributed by atoms with Crippen molar-refractivity contribution in [2.24, 2.45) is 0 Å². The second kappa shape index (κ2) is 7.56. The third-order valence-corrected chi connectivity index (χ3v) is 4.27. The molecule has 0 aliphatic rings. The van der Waals surface area contributed by atoms with E-state index in [4.69, 9.17) is 0 Å². The van der Waals surface area contributed by atoms with Crippen LogP contribution in [0.1, 0.15) is 31.0 Å². The first-order chi connectivity index (χ1) is 10.5. The predicted molar refractivity (Wildman–Crippen MR) is 95.0 cm³/mol. The Labute approximate surface area is 140 Å². The summed E-state index contributed by atoms with van der Waals surface area (Å²) >= 11 is 3.55. The Morgan fingerprint density at radius 2 is 1.82 bits per heavy atom. The lowest BCUT2D eigenvalue weighted by Crippen LogP contribution is -2.39. The van der Waals surface area contributed by atoms with E-state index in [-0.39, 0.29) is 18.0 Å². The Balaban J connectivity index is 1.98. The van der Waals surface area contributed by atoms with Gasteiger partial charge in [0.25, 0.3) is 0 Å². The van der Waals surface area contributed by atoms with E-state index in [0.717, 1.165) is 21.3 Å². The number of nitrogens with one attached hydrogen (secondary N) is 2. The maximum atomic E-state index is 12.3. The molecule has 3 nitrogen and oxygen atoms in total. The Morgan fingerprint density at radius 1 is 1.09 bits per heavy atom. The fourth-order valence-electron chi connectivity index (χ4n) is 2.34. The van der Waals surface area contributed by atoms with Crippen LogP contribution in [0.25, 0.3) is 0 Å². The summed E-state index contributed by atoms with van der Waals surface area (Å²) in [7, 11) is 0. The number of hydrogen-bond acceptors (Lipinski definition) is 2. The van der Waals surface area contributed by atoms with Crippen molar-refractivity contribution in [3.63, 3.8) is 0 Å². The molecule has 0 fully saturated rings. The van der Waals surface area contributed by atoms with E-state index in [1.807, 2.05) is 62.4 Å². The van der Waals surface area contributed by atoms with Gasteiger partial charge in [0.05, 0.1) is 6.04 Å². The van der Waals surface area contributed by atoms with Gasteiger partial charge in [-0.15, -0.1) is 0 Å². The summed E-state index contributed by atoms with van der Waals surface area (Å²) in [5, 5.41) is 6.27. The second-order valence-electron chi connectivity index (χ2n) is 5.49. The SMILES string of the molecule is Cc1cccc(NC(=O)[C@H](C)N[C@@H](C)c2ccccc2Br)c1. The molecule has 0 aliphatic carbocycles. The van der Waals surface area contributed by atoms with Crippen molar-refractivity contribution in [1.82, 2.24) is 5.32 Å². The standard InChI is InChI=1S/C18H21BrN2O/c1-12-7-6-8-15(11-12)21-18(22)14(3)20-13(2)16-9-4-5-10-17(16)19/h4-11,13-14,20H,1-3H3,(H,21,22)/t13-,14-/m0/s1. The Bertz CT molecular complexity index is 657. The van der Waals surface area contributed by atoms with Crippen LogP contribution in [0.3, 0.4) is 0 Å². The molecule has 0 saturated carbocycles. The highest BCUT2D eigenvalue weighted by Gasteiger charge is 2.17. The first-order valence-corrected chi connectivity index (χ1v) is 8.14. The third kappa shape index (κ3) is 4.42. The van der Waals surface area contributed by atoms with Gasteiger partial charge in [-0.1, -0.05) is 46.3 Å². The average molecular weight is 361 g/mol. The Kier molecular flexibility index (Phi) is 5.75. The number of aryl methyl sites for hydroxylation is 1. The number of carbonyl (C=O) groups is 1. The van der Waals surface area contributed by atoms with Gasteiger partial charge < -0.3 is 5.32 Å². The van der Waals surface area contributed by atoms with E-state index in [0.29, 0.717) is 0 Å². The van der Waals surface area contributed by atoms with Crippen molar-refractivity contribution >= 4 is 27.5 Å². The molecule has 0 radical (unpaired) electrons. The molecule has 0 aromatic heterocycles. The number of halogens is 1. The van der Waals surface area contributed by atoms with Gasteiger partial charge in [-0.2, -0.15) is 0 Å². The summed E-state index contributed by atoms with van der Waals surface area (Å²) in [5.41, 5.74) is 3.09. The van der Waals surface area contributed by atoms with E-state index in [2.05, 4.69) is 33.5 Å². The molecule has 0 heterocycles. The van der Waals surface area contributed by atoms with Gasteiger partial charge in [0.1, 0.15) is 0 Å². The van der Waals surface area contributed by atoms with Crippen LogP contribution in [0.4, 0.5) is 5.69 Å². The lowest BCUT2D eigenvalue weighted by Gasteiger charge is -2.21. The largest absolute Gasteiger partial charge is 0.325 e. The van der Waals surface area contributed by atoms with E-state index in [9.17, 15) is 4.79 Å². The number of amides is 1. The fraction of sp³-hybridized carbons (Fsp3) is 0.278. The van der Waals surface area contributed by atoms with Crippen molar-refractivity contribution < 1.29 is 4.79 Å². The molecular weight excluding hydrogens is 340 g/mol. The average Bonchev–Trinajstić information content (AvgIpc) is 2.47. The predicted octanol–water partition coefficient (Wildman–Crippen LogP) is 4.44. The lowest BCUT2D eigenvalue weighted by atomic mass is 10.1. The van der Waals surface area contributed by atoms with Crippen molar-refractivity contribution in [2.75, 3.05) is 5.32 Å². The molecule has 0 aliphatic heterocycles. The van der Waals surface area contributed by atoms with E-state index >= 15 is 0 Å². The number of anilines is 1. The first-order valence-electron chi connectivity index (χ1n) is 7.35. The molecule has 2 N–H and O–H groups in total. The molecule has 0 spiro atoms. The molecule has 22 heavy (non-hydrogen) atoms.